The number of primary amides is 1. The summed E-state index contributed by atoms with van der Waals surface area (Å²) in [5.74, 6) is -0.653. The smallest absolute Gasteiger partial charge is 0.224 e. The molecule has 0 radical (unpaired) electrons. The number of nitrogens with one attached hydrogen (secondary N) is 1. The maximum Gasteiger partial charge on any atom is 0.224 e. The van der Waals surface area contributed by atoms with Gasteiger partial charge in [-0.25, -0.2) is 4.39 Å². The van der Waals surface area contributed by atoms with Crippen LogP contribution in [0, 0.1) is 11.2 Å². The minimum absolute atomic E-state index is 0.184. The Kier molecular flexibility index (Phi) is 4.87. The molecule has 0 saturated carbocycles. The maximum atomic E-state index is 13.7. The van der Waals surface area contributed by atoms with Crippen molar-refractivity contribution in [2.75, 3.05) is 6.54 Å². The van der Waals surface area contributed by atoms with Crippen LogP contribution in [0.3, 0.4) is 0 Å². The van der Waals surface area contributed by atoms with E-state index in [-0.39, 0.29) is 17.8 Å². The number of nitrogens with two attached hydrogens (primary N) is 1. The van der Waals surface area contributed by atoms with Crippen LogP contribution < -0.4 is 11.1 Å². The van der Waals surface area contributed by atoms with Crippen molar-refractivity contribution in [2.24, 2.45) is 11.1 Å². The molecule has 3 nitrogen and oxygen atoms in total. The van der Waals surface area contributed by atoms with E-state index in [1.165, 1.54) is 6.07 Å². The lowest BCUT2D eigenvalue weighted by Crippen LogP contribution is -2.41. The summed E-state index contributed by atoms with van der Waals surface area (Å²) in [6.07, 6.45) is 0. The molecular weight excluding hydrogens is 299 g/mol. The van der Waals surface area contributed by atoms with E-state index in [1.807, 2.05) is 6.92 Å². The Labute approximate surface area is 115 Å². The second kappa shape index (κ2) is 5.80. The average molecular weight is 317 g/mol. The molecule has 0 aromatic heterocycles. The summed E-state index contributed by atoms with van der Waals surface area (Å²) in [6.45, 7) is 5.77. The Balaban J connectivity index is 2.71. The van der Waals surface area contributed by atoms with Gasteiger partial charge in [-0.3, -0.25) is 4.79 Å². The predicted octanol–water partition coefficient (Wildman–Crippen LogP) is 2.75. The SMILES string of the molecule is C[C@@H](NCC(C)(C)C(N)=O)c1ccc(Br)cc1F. The molecule has 0 bridgehead atoms. The van der Waals surface area contributed by atoms with Gasteiger partial charge in [0.25, 0.3) is 0 Å². The number of hydrogen-bond donors (Lipinski definition) is 2. The van der Waals surface area contributed by atoms with Crippen LogP contribution in [-0.4, -0.2) is 12.5 Å². The molecule has 0 aliphatic carbocycles. The minimum atomic E-state index is -0.653. The number of halogens is 2. The molecule has 1 aromatic carbocycles. The van der Waals surface area contributed by atoms with Gasteiger partial charge in [-0.15, -0.1) is 0 Å². The molecule has 1 rings (SSSR count). The highest BCUT2D eigenvalue weighted by Gasteiger charge is 2.25. The molecular formula is C13H18BrFN2O. The Bertz CT molecular complexity index is 449. The van der Waals surface area contributed by atoms with Crippen LogP contribution in [0.4, 0.5) is 4.39 Å². The fourth-order valence-electron chi connectivity index (χ4n) is 1.46. The van der Waals surface area contributed by atoms with Crippen LogP contribution in [0.1, 0.15) is 32.4 Å². The van der Waals surface area contributed by atoms with Gasteiger partial charge in [0.15, 0.2) is 0 Å². The molecule has 0 heterocycles. The Morgan fingerprint density at radius 3 is 2.67 bits per heavy atom. The van der Waals surface area contributed by atoms with Crippen LogP contribution in [0.15, 0.2) is 22.7 Å². The van der Waals surface area contributed by atoms with Crippen molar-refractivity contribution < 1.29 is 9.18 Å². The summed E-state index contributed by atoms with van der Waals surface area (Å²) in [4.78, 5) is 11.2. The van der Waals surface area contributed by atoms with Gasteiger partial charge in [0.05, 0.1) is 5.41 Å². The predicted molar refractivity (Wildman–Crippen MR) is 73.5 cm³/mol. The van der Waals surface area contributed by atoms with Gasteiger partial charge < -0.3 is 11.1 Å². The highest BCUT2D eigenvalue weighted by molar-refractivity contribution is 9.10. The molecule has 0 fully saturated rings. The molecule has 100 valence electrons. The van der Waals surface area contributed by atoms with Gasteiger partial charge >= 0.3 is 0 Å². The second-order valence-corrected chi connectivity index (χ2v) is 5.93. The molecule has 1 atom stereocenters. The summed E-state index contributed by atoms with van der Waals surface area (Å²) in [5.41, 5.74) is 5.20. The first-order valence-electron chi connectivity index (χ1n) is 5.72. The fraction of sp³-hybridized carbons (Fsp3) is 0.462. The number of benzene rings is 1. The van der Waals surface area contributed by atoms with Crippen molar-refractivity contribution in [2.45, 2.75) is 26.8 Å². The van der Waals surface area contributed by atoms with E-state index >= 15 is 0 Å². The zero-order valence-corrected chi connectivity index (χ0v) is 12.3. The molecule has 0 unspecified atom stereocenters. The van der Waals surface area contributed by atoms with Crippen LogP contribution in [0.2, 0.25) is 0 Å². The van der Waals surface area contributed by atoms with Crippen LogP contribution in [0.5, 0.6) is 0 Å². The summed E-state index contributed by atoms with van der Waals surface area (Å²) in [5, 5.41) is 3.12. The number of rotatable bonds is 5. The summed E-state index contributed by atoms with van der Waals surface area (Å²) in [6, 6.07) is 4.74. The highest BCUT2D eigenvalue weighted by Crippen LogP contribution is 2.22. The standard InChI is InChI=1S/C13H18BrFN2O/c1-8(17-7-13(2,3)12(16)18)10-5-4-9(14)6-11(10)15/h4-6,8,17H,7H2,1-3H3,(H2,16,18)/t8-/m1/s1. The fourth-order valence-corrected chi connectivity index (χ4v) is 1.79. The van der Waals surface area contributed by atoms with Gasteiger partial charge in [-0.05, 0) is 32.9 Å². The summed E-state index contributed by atoms with van der Waals surface area (Å²) < 4.78 is 14.4. The molecule has 0 aliphatic heterocycles. The zero-order valence-electron chi connectivity index (χ0n) is 10.8. The Morgan fingerprint density at radius 2 is 2.17 bits per heavy atom. The van der Waals surface area contributed by atoms with E-state index in [2.05, 4.69) is 21.2 Å². The topological polar surface area (TPSA) is 55.1 Å². The van der Waals surface area contributed by atoms with Crippen molar-refractivity contribution in [3.05, 3.63) is 34.1 Å². The van der Waals surface area contributed by atoms with E-state index in [0.29, 0.717) is 16.6 Å². The van der Waals surface area contributed by atoms with E-state index in [1.54, 1.807) is 26.0 Å². The average Bonchev–Trinajstić information content (AvgIpc) is 2.25. The van der Waals surface area contributed by atoms with Gasteiger partial charge in [0.1, 0.15) is 5.82 Å². The highest BCUT2D eigenvalue weighted by atomic mass is 79.9. The van der Waals surface area contributed by atoms with Crippen LogP contribution in [0.25, 0.3) is 0 Å². The van der Waals surface area contributed by atoms with E-state index < -0.39 is 5.41 Å². The first kappa shape index (κ1) is 15.1. The molecule has 3 N–H and O–H groups in total. The first-order valence-corrected chi connectivity index (χ1v) is 6.51. The molecule has 1 aromatic rings. The number of carbonyl (C=O) groups is 1. The van der Waals surface area contributed by atoms with E-state index in [4.69, 9.17) is 5.73 Å². The second-order valence-electron chi connectivity index (χ2n) is 5.02. The van der Waals surface area contributed by atoms with Crippen molar-refractivity contribution in [1.82, 2.24) is 5.32 Å². The van der Waals surface area contributed by atoms with Crippen LogP contribution in [-0.2, 0) is 4.79 Å². The zero-order chi connectivity index (χ0) is 13.9. The Hall–Kier alpha value is -0.940. The van der Waals surface area contributed by atoms with Gasteiger partial charge in [-0.1, -0.05) is 22.0 Å². The third kappa shape index (κ3) is 3.78. The van der Waals surface area contributed by atoms with Gasteiger partial charge in [0, 0.05) is 22.6 Å². The summed E-state index contributed by atoms with van der Waals surface area (Å²) in [7, 11) is 0. The molecule has 0 spiro atoms. The summed E-state index contributed by atoms with van der Waals surface area (Å²) >= 11 is 3.21. The quantitative estimate of drug-likeness (QED) is 0.877. The molecule has 5 heteroatoms. The normalized spacial score (nSPS) is 13.4. The number of carbonyl (C=O) groups excluding carboxylic acids is 1. The Morgan fingerprint density at radius 1 is 1.56 bits per heavy atom. The van der Waals surface area contributed by atoms with E-state index in [9.17, 15) is 9.18 Å². The number of amides is 1. The first-order chi connectivity index (χ1) is 8.24. The van der Waals surface area contributed by atoms with Crippen molar-refractivity contribution >= 4 is 21.8 Å². The maximum absolute atomic E-state index is 13.7. The molecule has 1 amide bonds. The largest absolute Gasteiger partial charge is 0.369 e. The lowest BCUT2D eigenvalue weighted by atomic mass is 9.92. The van der Waals surface area contributed by atoms with Crippen molar-refractivity contribution in [3.8, 4) is 0 Å². The number of hydrogen-bond acceptors (Lipinski definition) is 2. The van der Waals surface area contributed by atoms with Gasteiger partial charge in [-0.2, -0.15) is 0 Å². The van der Waals surface area contributed by atoms with E-state index in [0.717, 1.165) is 0 Å². The lowest BCUT2D eigenvalue weighted by Gasteiger charge is -2.24. The minimum Gasteiger partial charge on any atom is -0.369 e. The lowest BCUT2D eigenvalue weighted by molar-refractivity contribution is -0.125. The van der Waals surface area contributed by atoms with Crippen molar-refractivity contribution in [1.29, 1.82) is 0 Å². The third-order valence-electron chi connectivity index (χ3n) is 2.95. The van der Waals surface area contributed by atoms with Crippen molar-refractivity contribution in [3.63, 3.8) is 0 Å². The monoisotopic (exact) mass is 316 g/mol. The third-order valence-corrected chi connectivity index (χ3v) is 3.44. The van der Waals surface area contributed by atoms with Crippen LogP contribution >= 0.6 is 15.9 Å². The molecule has 0 saturated heterocycles. The molecule has 18 heavy (non-hydrogen) atoms. The molecule has 0 aliphatic rings. The van der Waals surface area contributed by atoms with Gasteiger partial charge in [0.2, 0.25) is 5.91 Å².